The molecule has 2 aliphatic rings. The predicted molar refractivity (Wildman–Crippen MR) is 464 cm³/mol. The third kappa shape index (κ3) is 65.6. The molecule has 0 radical (unpaired) electrons. The van der Waals surface area contributed by atoms with Gasteiger partial charge in [-0.05, 0) is 147 Å². The molecule has 6 N–H and O–H groups in total. The molecule has 1 unspecified atom stereocenters. The van der Waals surface area contributed by atoms with E-state index < -0.39 is 26.0 Å². The van der Waals surface area contributed by atoms with E-state index in [2.05, 4.69) is 110 Å². The number of hydroxylamine groups is 3. The molecule has 9 rings (SSSR count). The average Bonchev–Trinajstić information content (AvgIpc) is 1.69. The maximum atomic E-state index is 11.8. The molecule has 7 aromatic rings. The minimum absolute atomic E-state index is 0. The van der Waals surface area contributed by atoms with Gasteiger partial charge < -0.3 is 21.6 Å². The van der Waals surface area contributed by atoms with Crippen LogP contribution in [0.25, 0.3) is 11.3 Å². The topological polar surface area (TPSA) is 380 Å². The minimum atomic E-state index is -1.44. The first-order valence-electron chi connectivity index (χ1n) is 37.7. The van der Waals surface area contributed by atoms with Crippen molar-refractivity contribution in [2.75, 3.05) is 48.1 Å². The van der Waals surface area contributed by atoms with Crippen LogP contribution in [-0.4, -0.2) is 149 Å². The fourth-order valence-electron chi connectivity index (χ4n) is 9.45. The Morgan fingerprint density at radius 1 is 0.624 bits per heavy atom. The summed E-state index contributed by atoms with van der Waals surface area (Å²) in [5.74, 6) is 7.50. The monoisotopic (exact) mass is 1730 g/mol. The van der Waals surface area contributed by atoms with Crippen LogP contribution in [0.3, 0.4) is 0 Å². The molecule has 32 heteroatoms. The number of ether oxygens (including phenoxy) is 1. The summed E-state index contributed by atoms with van der Waals surface area (Å²) in [5, 5.41) is 18.5. The SMILES string of the molecule is C.C.C1CCOC1.C=C(CCCCC)C(=O)c1cccnc1.CC(=O)O.CCCCCC1CN(C(C)=O)N=C1c1cccnc1.CCCCCCC(=O)c1cccnc1.CCCCCc1cn(C(C)=O)nc1-c1cccnc1.CNOC.CON(C)C(=O)c1cccnc1.Cl.Cl.NN.O=C(Cl)c1cccnc1.[CH2-]CCCCC.[Li+].[O]=[Mn]=[O]. The summed E-state index contributed by atoms with van der Waals surface area (Å²) < 4.78 is 23.2. The van der Waals surface area contributed by atoms with Gasteiger partial charge in [-0.2, -0.15) is 16.6 Å². The van der Waals surface area contributed by atoms with Crippen LogP contribution in [0, 0.1) is 12.8 Å². The molecule has 0 saturated carbocycles. The Hall–Kier alpha value is -8.04. The molecule has 0 bridgehead atoms. The fourth-order valence-corrected chi connectivity index (χ4v) is 9.56. The van der Waals surface area contributed by atoms with Gasteiger partial charge in [-0.15, -0.1) is 24.8 Å². The number of hydrogen-bond donors (Lipinski definition) is 4. The second-order valence-electron chi connectivity index (χ2n) is 24.4. The molecule has 1 atom stereocenters. The van der Waals surface area contributed by atoms with Crippen molar-refractivity contribution in [3.63, 3.8) is 0 Å². The number of unbranched alkanes of at least 4 members (excludes halogenated alkanes) is 12. The van der Waals surface area contributed by atoms with Crippen molar-refractivity contribution in [3.8, 4) is 11.3 Å². The van der Waals surface area contributed by atoms with E-state index in [9.17, 15) is 28.8 Å². The molecule has 2 aliphatic heterocycles. The number of allylic oxidation sites excluding steroid dienone is 1. The van der Waals surface area contributed by atoms with Crippen LogP contribution in [0.15, 0.2) is 171 Å². The molecule has 0 aliphatic carbocycles. The van der Waals surface area contributed by atoms with Crippen LogP contribution in [0.1, 0.15) is 269 Å². The average molecular weight is 1730 g/mol. The molecular weight excluding hydrogens is 1590 g/mol. The van der Waals surface area contributed by atoms with E-state index in [1.54, 1.807) is 131 Å². The third-order valence-electron chi connectivity index (χ3n) is 15.4. The number of aryl methyl sites for hydroxylation is 1. The molecule has 2 amide bonds. The summed E-state index contributed by atoms with van der Waals surface area (Å²) in [6.07, 6.45) is 47.9. The number of hydrogen-bond acceptors (Lipinski definition) is 23. The van der Waals surface area contributed by atoms with E-state index in [1.807, 2.05) is 42.7 Å². The quantitative estimate of drug-likeness (QED) is 0.00494. The second-order valence-corrected chi connectivity index (χ2v) is 24.9. The number of amides is 2. The zero-order valence-corrected chi connectivity index (χ0v) is 73.4. The van der Waals surface area contributed by atoms with Gasteiger partial charge in [0, 0.05) is 163 Å². The van der Waals surface area contributed by atoms with Gasteiger partial charge in [0.25, 0.3) is 17.1 Å². The number of carbonyl (C=O) groups excluding carboxylic acids is 6. The number of carboxylic acids is 1. The number of nitrogens with one attached hydrogen (secondary N) is 1. The van der Waals surface area contributed by atoms with E-state index >= 15 is 0 Å². The fraction of sp³-hybridized carbons (Fsp3) is 0.482. The van der Waals surface area contributed by atoms with Gasteiger partial charge in [0.1, 0.15) is 0 Å². The first-order chi connectivity index (χ1) is 54.1. The van der Waals surface area contributed by atoms with E-state index in [1.165, 1.54) is 108 Å². The van der Waals surface area contributed by atoms with Crippen molar-refractivity contribution in [2.24, 2.45) is 22.7 Å². The number of pyridine rings is 6. The molecule has 1 saturated heterocycles. The number of Topliss-reactive ketones (excluding diaryl/α,β-unsaturated/α-hetero) is 2. The predicted octanol–water partition coefficient (Wildman–Crippen LogP) is 15.7. The number of rotatable bonds is 29. The van der Waals surface area contributed by atoms with Crippen LogP contribution in [0.4, 0.5) is 0 Å². The first-order valence-corrected chi connectivity index (χ1v) is 39.1. The summed E-state index contributed by atoms with van der Waals surface area (Å²) in [5.41, 5.74) is 10.5. The zero-order valence-electron chi connectivity index (χ0n) is 69.8. The number of nitrogens with zero attached hydrogens (tertiary/aromatic N) is 11. The van der Waals surface area contributed by atoms with Gasteiger partial charge in [-0.1, -0.05) is 140 Å². The van der Waals surface area contributed by atoms with Gasteiger partial charge in [0.15, 0.2) is 11.6 Å². The number of aliphatic carboxylic acids is 1. The zero-order chi connectivity index (χ0) is 84.4. The normalized spacial score (nSPS) is 11.0. The number of halogens is 3. The van der Waals surface area contributed by atoms with Gasteiger partial charge in [-0.3, -0.25) is 80.0 Å². The van der Waals surface area contributed by atoms with E-state index in [4.69, 9.17) is 38.7 Å². The van der Waals surface area contributed by atoms with Gasteiger partial charge in [0.05, 0.1) is 43.3 Å². The number of nitrogens with two attached hydrogens (primary N) is 2. The number of ketones is 2. The van der Waals surface area contributed by atoms with E-state index in [0.717, 1.165) is 123 Å². The van der Waals surface area contributed by atoms with Crippen LogP contribution >= 0.6 is 36.4 Å². The first kappa shape index (κ1) is 125. The van der Waals surface area contributed by atoms with Gasteiger partial charge >= 0.3 is 41.4 Å². The van der Waals surface area contributed by atoms with Crippen molar-refractivity contribution < 1.29 is 94.4 Å². The van der Waals surface area contributed by atoms with Crippen molar-refractivity contribution >= 4 is 82.6 Å². The van der Waals surface area contributed by atoms with E-state index in [0.29, 0.717) is 41.1 Å². The maximum absolute atomic E-state index is 11.8. The summed E-state index contributed by atoms with van der Waals surface area (Å²) in [6.45, 7) is 25.3. The summed E-state index contributed by atoms with van der Waals surface area (Å²) in [4.78, 5) is 110. The summed E-state index contributed by atoms with van der Waals surface area (Å²) >= 11 is 3.69. The Labute approximate surface area is 733 Å². The number of hydrazone groups is 1. The Balaban J connectivity index is -0.000000192. The second kappa shape index (κ2) is 87.3. The number of aromatic nitrogens is 8. The van der Waals surface area contributed by atoms with Crippen molar-refractivity contribution in [1.82, 2.24) is 55.2 Å². The summed E-state index contributed by atoms with van der Waals surface area (Å²) in [6, 6.07) is 21.6. The summed E-state index contributed by atoms with van der Waals surface area (Å²) in [7, 11) is 6.27. The van der Waals surface area contributed by atoms with Gasteiger partial charge in [-0.25, -0.2) is 20.2 Å². The molecule has 27 nitrogen and oxygen atoms in total. The van der Waals surface area contributed by atoms with Crippen LogP contribution in [0.5, 0.6) is 0 Å². The van der Waals surface area contributed by atoms with E-state index in [-0.39, 0.29) is 87.8 Å². The standard InChI is InChI=1S/C15H21N3O.C15H19N3O.C13H17NO.C12H17NO.C8H10N2O2.C6H4ClNO.C6H13.C4H8O.C2H7NO.C2H4O2.2CH4.2ClH.Li.Mn.H4N2.2O/c2*1-3-4-5-7-14-11-18(12(2)19)17-15(14)13-8-6-9-16-10-13;1-3-4-5-7-11(2)13(15)12-8-6-9-14-10-12;1-2-3-4-5-8-12(14)11-7-6-9-13-10-11;1-10(12-2)8(11)7-4-3-5-9-6-7;7-6(9)5-2-1-3-8-4-5;1-3-5-6-4-2;1-2-4-5-3-1;1-3-4-2;1-2(3)4;;;;;;;1-2;;/h6,8-10,14H,3-5,7,11H2,1-2H3;6,8-11H,3-5,7H2,1-2H3;6,8-10H,2-5,7H2,1H3;6-7,9-10H,2-5,8H2,1H3;3-6H,1-2H3;1-4H;1,3-6H2,2H3;1-4H2;3H,1-2H3;1H3,(H,3,4);2*1H4;2*1H;;;1-2H2;;/q;;;;;;-1;;;;;;;;+1;;;;. The molecule has 651 valence electrons. The molecule has 117 heavy (non-hydrogen) atoms. The molecule has 0 aromatic carbocycles. The van der Waals surface area contributed by atoms with Crippen LogP contribution < -0.4 is 36.0 Å². The molecular formula is C85H134Cl3LiMnN14O13. The van der Waals surface area contributed by atoms with Crippen LogP contribution in [-0.2, 0) is 52.9 Å². The van der Waals surface area contributed by atoms with Crippen molar-refractivity contribution in [2.45, 2.75) is 218 Å². The Morgan fingerprint density at radius 3 is 1.41 bits per heavy atom. The third-order valence-corrected chi connectivity index (χ3v) is 15.6. The number of carbonyl (C=O) groups is 7. The van der Waals surface area contributed by atoms with Crippen LogP contribution in [0.2, 0.25) is 0 Å². The Kier molecular flexibility index (Phi) is 92.9. The van der Waals surface area contributed by atoms with Crippen molar-refractivity contribution in [1.29, 1.82) is 0 Å². The van der Waals surface area contributed by atoms with Gasteiger partial charge in [0.2, 0.25) is 11.8 Å². The molecule has 0 spiro atoms. The number of carboxylic acid groups (broad SMARTS) is 1. The Morgan fingerprint density at radius 2 is 1.03 bits per heavy atom. The number of hydrazine groups is 1. The molecule has 1 fully saturated rings. The molecule has 9 heterocycles. The Bertz CT molecular complexity index is 3610. The molecule has 7 aromatic heterocycles. The van der Waals surface area contributed by atoms with Crippen molar-refractivity contribution in [3.05, 3.63) is 206 Å².